The molecule has 178 valence electrons. The Balaban J connectivity index is 1.53. The van der Waals surface area contributed by atoms with Crippen molar-refractivity contribution < 1.29 is 4.74 Å². The lowest BCUT2D eigenvalue weighted by atomic mass is 9.96. The van der Waals surface area contributed by atoms with E-state index in [9.17, 15) is 0 Å². The molecule has 0 bridgehead atoms. The first-order chi connectivity index (χ1) is 16.5. The highest BCUT2D eigenvalue weighted by atomic mass is 79.9. The van der Waals surface area contributed by atoms with Crippen molar-refractivity contribution in [1.29, 1.82) is 0 Å². The molecule has 4 heterocycles. The van der Waals surface area contributed by atoms with Crippen LogP contribution in [0.3, 0.4) is 0 Å². The summed E-state index contributed by atoms with van der Waals surface area (Å²) in [4.78, 5) is 9.51. The molecule has 0 saturated carbocycles. The Morgan fingerprint density at radius 1 is 1.09 bits per heavy atom. The number of para-hydroxylation sites is 1. The molecule has 2 aliphatic rings. The smallest absolute Gasteiger partial charge is 0.170 e. The SMILES string of the molecule is Cc1cc([C@@H]2[C@H](c3ccccn3)NC(=S)N2CCN2CCOCC2)c(C)n1-c1ccccc1Br. The zero-order valence-electron chi connectivity index (χ0n) is 19.6. The largest absolute Gasteiger partial charge is 0.379 e. The Bertz CT molecular complexity index is 1160. The lowest BCUT2D eigenvalue weighted by Crippen LogP contribution is -2.42. The highest BCUT2D eigenvalue weighted by Gasteiger charge is 2.41. The minimum Gasteiger partial charge on any atom is -0.379 e. The standard InChI is InChI=1S/C26H30BrN5OS/c1-18-17-20(19(2)32(18)23-9-4-3-7-21(23)27)25-24(22-8-5-6-10-28-22)29-26(34)31(25)12-11-30-13-15-33-16-14-30/h3-10,17,24-25H,11-16H2,1-2H3,(H,29,34)/t24-,25+/m0/s1. The number of morpholine rings is 1. The fourth-order valence-corrected chi connectivity index (χ4v) is 5.94. The number of benzene rings is 1. The van der Waals surface area contributed by atoms with Gasteiger partial charge in [0.1, 0.15) is 0 Å². The first-order valence-corrected chi connectivity index (χ1v) is 13.0. The molecule has 1 N–H and O–H groups in total. The number of hydrogen-bond acceptors (Lipinski definition) is 4. The summed E-state index contributed by atoms with van der Waals surface area (Å²) in [5, 5.41) is 4.39. The molecule has 5 rings (SSSR count). The molecule has 2 aromatic heterocycles. The van der Waals surface area contributed by atoms with Crippen LogP contribution < -0.4 is 5.32 Å². The Morgan fingerprint density at radius 3 is 2.59 bits per heavy atom. The zero-order valence-corrected chi connectivity index (χ0v) is 22.0. The van der Waals surface area contributed by atoms with Crippen LogP contribution in [-0.4, -0.2) is 63.9 Å². The van der Waals surface area contributed by atoms with Crippen molar-refractivity contribution in [3.05, 3.63) is 81.8 Å². The zero-order chi connectivity index (χ0) is 23.7. The van der Waals surface area contributed by atoms with Gasteiger partial charge in [0.25, 0.3) is 0 Å². The lowest BCUT2D eigenvalue weighted by Gasteiger charge is -2.32. The molecule has 0 radical (unpaired) electrons. The van der Waals surface area contributed by atoms with E-state index in [4.69, 9.17) is 21.9 Å². The van der Waals surface area contributed by atoms with Gasteiger partial charge in [-0.1, -0.05) is 18.2 Å². The molecule has 2 atom stereocenters. The van der Waals surface area contributed by atoms with Gasteiger partial charge in [0, 0.05) is 48.2 Å². The van der Waals surface area contributed by atoms with Crippen molar-refractivity contribution >= 4 is 33.3 Å². The van der Waals surface area contributed by atoms with Crippen LogP contribution in [0.25, 0.3) is 5.69 Å². The molecule has 1 aromatic carbocycles. The van der Waals surface area contributed by atoms with Gasteiger partial charge in [-0.25, -0.2) is 0 Å². The summed E-state index contributed by atoms with van der Waals surface area (Å²) >= 11 is 9.63. The van der Waals surface area contributed by atoms with Crippen LogP contribution in [0.5, 0.6) is 0 Å². The maximum absolute atomic E-state index is 5.89. The second-order valence-corrected chi connectivity index (χ2v) is 10.1. The van der Waals surface area contributed by atoms with Gasteiger partial charge in [-0.05, 0) is 77.9 Å². The van der Waals surface area contributed by atoms with E-state index in [0.717, 1.165) is 60.4 Å². The van der Waals surface area contributed by atoms with Gasteiger partial charge in [-0.2, -0.15) is 0 Å². The summed E-state index contributed by atoms with van der Waals surface area (Å²) in [5.41, 5.74) is 5.85. The van der Waals surface area contributed by atoms with Crippen molar-refractivity contribution in [1.82, 2.24) is 24.7 Å². The van der Waals surface area contributed by atoms with Crippen LogP contribution in [0.2, 0.25) is 0 Å². The number of rotatable bonds is 6. The number of thiocarbonyl (C=S) groups is 1. The average Bonchev–Trinajstić information content (AvgIpc) is 3.34. The molecule has 0 amide bonds. The van der Waals surface area contributed by atoms with Gasteiger partial charge in [0.2, 0.25) is 0 Å². The molecular weight excluding hydrogens is 510 g/mol. The fraction of sp³-hybridized carbons (Fsp3) is 0.385. The first-order valence-electron chi connectivity index (χ1n) is 11.8. The van der Waals surface area contributed by atoms with Crippen molar-refractivity contribution in [3.63, 3.8) is 0 Å². The van der Waals surface area contributed by atoms with E-state index < -0.39 is 0 Å². The number of halogens is 1. The van der Waals surface area contributed by atoms with Gasteiger partial charge in [0.05, 0.1) is 36.7 Å². The number of ether oxygens (including phenoxy) is 1. The van der Waals surface area contributed by atoms with E-state index in [1.807, 2.05) is 24.4 Å². The van der Waals surface area contributed by atoms with Gasteiger partial charge >= 0.3 is 0 Å². The highest BCUT2D eigenvalue weighted by molar-refractivity contribution is 9.10. The summed E-state index contributed by atoms with van der Waals surface area (Å²) in [5.74, 6) is 0. The summed E-state index contributed by atoms with van der Waals surface area (Å²) in [6.45, 7) is 9.74. The van der Waals surface area contributed by atoms with E-state index in [1.165, 1.54) is 17.0 Å². The Kier molecular flexibility index (Phi) is 7.01. The van der Waals surface area contributed by atoms with E-state index in [1.54, 1.807) is 0 Å². The quantitative estimate of drug-likeness (QED) is 0.463. The van der Waals surface area contributed by atoms with Crippen LogP contribution in [0, 0.1) is 13.8 Å². The number of nitrogens with one attached hydrogen (secondary N) is 1. The number of nitrogens with zero attached hydrogens (tertiary/aromatic N) is 4. The summed E-state index contributed by atoms with van der Waals surface area (Å²) < 4.78 is 8.94. The van der Waals surface area contributed by atoms with Crippen molar-refractivity contribution in [2.24, 2.45) is 0 Å². The van der Waals surface area contributed by atoms with Crippen LogP contribution in [-0.2, 0) is 4.74 Å². The minimum absolute atomic E-state index is 0.00782. The Hall–Kier alpha value is -2.26. The number of hydrogen-bond donors (Lipinski definition) is 1. The lowest BCUT2D eigenvalue weighted by molar-refractivity contribution is 0.0350. The third kappa shape index (κ3) is 4.52. The van der Waals surface area contributed by atoms with E-state index in [2.05, 4.69) is 79.8 Å². The molecule has 2 aliphatic heterocycles. The van der Waals surface area contributed by atoms with E-state index >= 15 is 0 Å². The maximum atomic E-state index is 5.89. The predicted octanol–water partition coefficient (Wildman–Crippen LogP) is 4.56. The molecule has 34 heavy (non-hydrogen) atoms. The third-order valence-corrected chi connectivity index (χ3v) is 7.86. The molecule has 2 saturated heterocycles. The molecule has 0 spiro atoms. The van der Waals surface area contributed by atoms with E-state index in [0.29, 0.717) is 0 Å². The predicted molar refractivity (Wildman–Crippen MR) is 142 cm³/mol. The van der Waals surface area contributed by atoms with Crippen molar-refractivity contribution in [2.75, 3.05) is 39.4 Å². The van der Waals surface area contributed by atoms with Crippen LogP contribution in [0.1, 0.15) is 34.7 Å². The van der Waals surface area contributed by atoms with Crippen molar-refractivity contribution in [2.45, 2.75) is 25.9 Å². The molecule has 0 aliphatic carbocycles. The molecule has 0 unspecified atom stereocenters. The second kappa shape index (κ2) is 10.2. The topological polar surface area (TPSA) is 45.6 Å². The van der Waals surface area contributed by atoms with Gasteiger partial charge in [-0.15, -0.1) is 0 Å². The number of aryl methyl sites for hydroxylation is 1. The first kappa shape index (κ1) is 23.5. The van der Waals surface area contributed by atoms with Crippen LogP contribution >= 0.6 is 28.1 Å². The molecular formula is C26H30BrN5OS. The Morgan fingerprint density at radius 2 is 1.85 bits per heavy atom. The summed E-state index contributed by atoms with van der Waals surface area (Å²) in [7, 11) is 0. The van der Waals surface area contributed by atoms with E-state index in [-0.39, 0.29) is 12.1 Å². The third-order valence-electron chi connectivity index (χ3n) is 6.84. The average molecular weight is 541 g/mol. The second-order valence-electron chi connectivity index (χ2n) is 8.89. The molecule has 3 aromatic rings. The summed E-state index contributed by atoms with van der Waals surface area (Å²) in [6.07, 6.45) is 1.86. The summed E-state index contributed by atoms with van der Waals surface area (Å²) in [6, 6.07) is 16.8. The van der Waals surface area contributed by atoms with Gasteiger partial charge in [-0.3, -0.25) is 9.88 Å². The van der Waals surface area contributed by atoms with Crippen LogP contribution in [0.4, 0.5) is 0 Å². The molecule has 6 nitrogen and oxygen atoms in total. The maximum Gasteiger partial charge on any atom is 0.170 e. The van der Waals surface area contributed by atoms with Crippen molar-refractivity contribution in [3.8, 4) is 5.69 Å². The fourth-order valence-electron chi connectivity index (χ4n) is 5.15. The monoisotopic (exact) mass is 539 g/mol. The van der Waals surface area contributed by atoms with Gasteiger partial charge < -0.3 is 19.5 Å². The van der Waals surface area contributed by atoms with Crippen LogP contribution in [0.15, 0.2) is 59.2 Å². The minimum atomic E-state index is -0.00782. The number of pyridine rings is 1. The highest BCUT2D eigenvalue weighted by Crippen LogP contribution is 2.41. The number of aromatic nitrogens is 2. The molecule has 2 fully saturated rings. The Labute approximate surface area is 215 Å². The van der Waals surface area contributed by atoms with Gasteiger partial charge in [0.15, 0.2) is 5.11 Å². The molecule has 8 heteroatoms. The normalized spacial score (nSPS) is 21.1.